The Labute approximate surface area is 238 Å². The van der Waals surface area contributed by atoms with Crippen LogP contribution in [0.25, 0.3) is 0 Å². The average Bonchev–Trinajstić information content (AvgIpc) is 3.26. The smallest absolute Gasteiger partial charge is 0.335 e. The van der Waals surface area contributed by atoms with Gasteiger partial charge >= 0.3 is 11.9 Å². The summed E-state index contributed by atoms with van der Waals surface area (Å²) >= 11 is 0. The molecule has 0 saturated heterocycles. The summed E-state index contributed by atoms with van der Waals surface area (Å²) in [5.74, 6) is -4.04. The van der Waals surface area contributed by atoms with Crippen molar-refractivity contribution in [2.24, 2.45) is 0 Å². The molecule has 11 heteroatoms. The van der Waals surface area contributed by atoms with E-state index in [0.717, 1.165) is 11.1 Å². The van der Waals surface area contributed by atoms with Crippen LogP contribution in [-0.4, -0.2) is 61.2 Å². The van der Waals surface area contributed by atoms with Crippen LogP contribution < -0.4 is 10.2 Å². The van der Waals surface area contributed by atoms with E-state index in [9.17, 15) is 22.8 Å². The van der Waals surface area contributed by atoms with Gasteiger partial charge in [-0.1, -0.05) is 54.6 Å². The van der Waals surface area contributed by atoms with Gasteiger partial charge in [0.25, 0.3) is 0 Å². The highest BCUT2D eigenvalue weighted by molar-refractivity contribution is 7.92. The summed E-state index contributed by atoms with van der Waals surface area (Å²) in [4.78, 5) is 38.6. The van der Waals surface area contributed by atoms with Gasteiger partial charge in [0.15, 0.2) is 9.84 Å². The number of ether oxygens (including phenoxy) is 2. The molecule has 3 aromatic rings. The first kappa shape index (κ1) is 29.8. The van der Waals surface area contributed by atoms with Gasteiger partial charge in [0.05, 0.1) is 18.8 Å². The minimum Gasteiger partial charge on any atom is -0.478 e. The van der Waals surface area contributed by atoms with E-state index in [1.54, 1.807) is 32.0 Å². The molecule has 41 heavy (non-hydrogen) atoms. The fraction of sp³-hybridized carbons (Fsp3) is 0.300. The lowest BCUT2D eigenvalue weighted by molar-refractivity contribution is -0.164. The number of esters is 1. The molecule has 0 saturated carbocycles. The Morgan fingerprint density at radius 3 is 2.44 bits per heavy atom. The summed E-state index contributed by atoms with van der Waals surface area (Å²) in [5.41, 5.74) is 1.48. The molecule has 4 rings (SSSR count). The zero-order valence-corrected chi connectivity index (χ0v) is 23.6. The topological polar surface area (TPSA) is 139 Å². The van der Waals surface area contributed by atoms with E-state index >= 15 is 0 Å². The lowest BCUT2D eigenvalue weighted by Gasteiger charge is -2.30. The van der Waals surface area contributed by atoms with E-state index in [1.165, 1.54) is 29.2 Å². The summed E-state index contributed by atoms with van der Waals surface area (Å²) in [6, 6.07) is 21.3. The van der Waals surface area contributed by atoms with Crippen LogP contribution in [0.1, 0.15) is 35.3 Å². The maximum atomic E-state index is 13.4. The molecule has 1 heterocycles. The number of nitrogens with zero attached hydrogens (tertiary/aromatic N) is 1. The first-order valence-electron chi connectivity index (χ1n) is 13.0. The van der Waals surface area contributed by atoms with Gasteiger partial charge in [-0.3, -0.25) is 4.79 Å². The van der Waals surface area contributed by atoms with Crippen molar-refractivity contribution in [3.05, 3.63) is 95.6 Å². The molecule has 1 amide bonds. The number of carbonyl (C=O) groups is 3. The predicted octanol–water partition coefficient (Wildman–Crippen LogP) is 3.67. The van der Waals surface area contributed by atoms with E-state index in [4.69, 9.17) is 14.6 Å². The first-order chi connectivity index (χ1) is 19.4. The van der Waals surface area contributed by atoms with Gasteiger partial charge in [-0.2, -0.15) is 0 Å². The van der Waals surface area contributed by atoms with E-state index < -0.39 is 51.0 Å². The molecule has 0 spiro atoms. The number of anilines is 2. The summed E-state index contributed by atoms with van der Waals surface area (Å²) in [6.07, 6.45) is 0.250. The summed E-state index contributed by atoms with van der Waals surface area (Å²) in [7, 11) is -4.04. The average molecular weight is 581 g/mol. The number of nitrogens with one attached hydrogen (secondary N) is 1. The number of rotatable bonds is 12. The molecule has 0 aliphatic carbocycles. The summed E-state index contributed by atoms with van der Waals surface area (Å²) in [6.45, 7) is 3.93. The molecule has 0 aromatic heterocycles. The minimum atomic E-state index is -4.04. The van der Waals surface area contributed by atoms with E-state index in [1.807, 2.05) is 36.4 Å². The molecule has 10 nitrogen and oxygen atoms in total. The van der Waals surface area contributed by atoms with Gasteiger partial charge in [0.1, 0.15) is 23.3 Å². The van der Waals surface area contributed by atoms with Gasteiger partial charge in [-0.15, -0.1) is 0 Å². The zero-order chi connectivity index (χ0) is 29.6. The molecule has 0 fully saturated rings. The number of amides is 1. The molecule has 2 N–H and O–H groups in total. The van der Waals surface area contributed by atoms with Crippen molar-refractivity contribution in [1.29, 1.82) is 0 Å². The molecule has 1 unspecified atom stereocenters. The zero-order valence-electron chi connectivity index (χ0n) is 22.8. The number of benzene rings is 3. The number of fused-ring (bicyclic) bond motifs is 1. The van der Waals surface area contributed by atoms with Gasteiger partial charge in [-0.05, 0) is 49.2 Å². The highest BCUT2D eigenvalue weighted by Gasteiger charge is 2.40. The van der Waals surface area contributed by atoms with Crippen LogP contribution >= 0.6 is 0 Å². The molecule has 0 bridgehead atoms. The Hall–Kier alpha value is -4.22. The Morgan fingerprint density at radius 1 is 1.00 bits per heavy atom. The summed E-state index contributed by atoms with van der Waals surface area (Å²) < 4.78 is 37.8. The van der Waals surface area contributed by atoms with Crippen molar-refractivity contribution < 1.29 is 37.4 Å². The number of hydrogen-bond acceptors (Lipinski definition) is 8. The van der Waals surface area contributed by atoms with E-state index in [2.05, 4.69) is 5.32 Å². The quantitative estimate of drug-likeness (QED) is 0.307. The second-order valence-electron chi connectivity index (χ2n) is 10.4. The number of para-hydroxylation sites is 1. The number of carboxylic acid groups (broad SMARTS) is 1. The van der Waals surface area contributed by atoms with Crippen LogP contribution in [0.15, 0.2) is 78.9 Å². The third kappa shape index (κ3) is 8.15. The predicted molar refractivity (Wildman–Crippen MR) is 153 cm³/mol. The molecule has 1 atom stereocenters. The number of carbonyl (C=O) groups excluding carboxylic acids is 2. The number of hydrogen-bond donors (Lipinski definition) is 2. The monoisotopic (exact) mass is 580 g/mol. The highest BCUT2D eigenvalue weighted by Crippen LogP contribution is 2.33. The van der Waals surface area contributed by atoms with Crippen LogP contribution in [0.2, 0.25) is 0 Å². The highest BCUT2D eigenvalue weighted by atomic mass is 32.2. The standard InChI is InChI=1S/C30H32N2O8S/c1-30(2,19-39-17-21-9-4-3-5-10-21)40-29(36)26-16-22-11-6-7-14-25(22)32(26)20-41(37,38)18-27(33)31-24-13-8-12-23(15-24)28(34)35/h3-15,26H,16-20H2,1-2H3,(H,31,33)(H,34,35). The van der Waals surface area contributed by atoms with Gasteiger partial charge in [0, 0.05) is 17.8 Å². The molecule has 1 aliphatic heterocycles. The van der Waals surface area contributed by atoms with Crippen LogP contribution in [-0.2, 0) is 41.9 Å². The van der Waals surface area contributed by atoms with Crippen molar-refractivity contribution in [2.75, 3.05) is 28.5 Å². The van der Waals surface area contributed by atoms with Gasteiger partial charge in [-0.25, -0.2) is 18.0 Å². The molecular formula is C30H32N2O8S. The van der Waals surface area contributed by atoms with Crippen molar-refractivity contribution in [2.45, 2.75) is 38.5 Å². The van der Waals surface area contributed by atoms with Crippen LogP contribution in [0.5, 0.6) is 0 Å². The third-order valence-electron chi connectivity index (χ3n) is 6.38. The van der Waals surface area contributed by atoms with Crippen molar-refractivity contribution in [3.63, 3.8) is 0 Å². The normalized spacial score (nSPS) is 14.8. The minimum absolute atomic E-state index is 0.0472. The Kier molecular flexibility index (Phi) is 9.09. The van der Waals surface area contributed by atoms with Crippen LogP contribution in [0.4, 0.5) is 11.4 Å². The second-order valence-corrected chi connectivity index (χ2v) is 12.5. The maximum Gasteiger partial charge on any atom is 0.335 e. The second kappa shape index (κ2) is 12.5. The third-order valence-corrected chi connectivity index (χ3v) is 7.75. The van der Waals surface area contributed by atoms with Crippen LogP contribution in [0, 0.1) is 0 Å². The molecule has 1 aliphatic rings. The maximum absolute atomic E-state index is 13.4. The Morgan fingerprint density at radius 2 is 1.71 bits per heavy atom. The number of sulfone groups is 1. The van der Waals surface area contributed by atoms with Crippen molar-refractivity contribution in [1.82, 2.24) is 0 Å². The van der Waals surface area contributed by atoms with E-state index in [-0.39, 0.29) is 24.3 Å². The van der Waals surface area contributed by atoms with Gasteiger partial charge < -0.3 is 24.8 Å². The first-order valence-corrected chi connectivity index (χ1v) is 14.8. The van der Waals surface area contributed by atoms with E-state index in [0.29, 0.717) is 12.3 Å². The van der Waals surface area contributed by atoms with Gasteiger partial charge in [0.2, 0.25) is 5.91 Å². The molecule has 3 aromatic carbocycles. The SMILES string of the molecule is CC(C)(COCc1ccccc1)OC(=O)C1Cc2ccccc2N1CS(=O)(=O)CC(=O)Nc1cccc(C(=O)O)c1. The van der Waals surface area contributed by atoms with Crippen LogP contribution in [0.3, 0.4) is 0 Å². The largest absolute Gasteiger partial charge is 0.478 e. The molecule has 216 valence electrons. The fourth-order valence-electron chi connectivity index (χ4n) is 4.56. The van der Waals surface area contributed by atoms with Crippen molar-refractivity contribution in [3.8, 4) is 0 Å². The number of aromatic carboxylic acids is 1. The lowest BCUT2D eigenvalue weighted by atomic mass is 10.1. The number of carboxylic acids is 1. The molecular weight excluding hydrogens is 548 g/mol. The Balaban J connectivity index is 1.41. The fourth-order valence-corrected chi connectivity index (χ4v) is 5.87. The lowest BCUT2D eigenvalue weighted by Crippen LogP contribution is -2.47. The Bertz CT molecular complexity index is 1520. The summed E-state index contributed by atoms with van der Waals surface area (Å²) in [5, 5.41) is 11.6. The molecule has 0 radical (unpaired) electrons. The van der Waals surface area contributed by atoms with Crippen molar-refractivity contribution >= 4 is 39.1 Å².